The normalized spacial score (nSPS) is 11.1. The first-order valence-electron chi connectivity index (χ1n) is 8.75. The second-order valence-corrected chi connectivity index (χ2v) is 6.15. The summed E-state index contributed by atoms with van der Waals surface area (Å²) in [5.41, 5.74) is 4.48. The van der Waals surface area contributed by atoms with E-state index in [0.29, 0.717) is 11.5 Å². The van der Waals surface area contributed by atoms with Crippen molar-refractivity contribution in [1.29, 1.82) is 0 Å². The SMILES string of the molecule is CCCc1c(O)cccc1C(CC)c1cccc(O)c1CCC. The van der Waals surface area contributed by atoms with Gasteiger partial charge in [0.15, 0.2) is 0 Å². The molecule has 0 spiro atoms. The van der Waals surface area contributed by atoms with Gasteiger partial charge in [0.05, 0.1) is 0 Å². The lowest BCUT2D eigenvalue weighted by Crippen LogP contribution is -2.07. The molecule has 0 radical (unpaired) electrons. The molecular weight excluding hydrogens is 284 g/mol. The maximum absolute atomic E-state index is 10.3. The smallest absolute Gasteiger partial charge is 0.119 e. The van der Waals surface area contributed by atoms with E-state index >= 15 is 0 Å². The van der Waals surface area contributed by atoms with Crippen molar-refractivity contribution >= 4 is 0 Å². The van der Waals surface area contributed by atoms with Gasteiger partial charge < -0.3 is 10.2 Å². The quantitative estimate of drug-likeness (QED) is 0.704. The first-order valence-corrected chi connectivity index (χ1v) is 8.75. The minimum absolute atomic E-state index is 0.206. The summed E-state index contributed by atoms with van der Waals surface area (Å²) < 4.78 is 0. The van der Waals surface area contributed by atoms with Gasteiger partial charge in [-0.3, -0.25) is 0 Å². The van der Waals surface area contributed by atoms with E-state index in [1.165, 1.54) is 11.1 Å². The number of phenols is 2. The molecule has 0 bridgehead atoms. The van der Waals surface area contributed by atoms with Crippen molar-refractivity contribution in [3.63, 3.8) is 0 Å². The number of benzene rings is 2. The maximum atomic E-state index is 10.3. The Morgan fingerprint density at radius 3 is 1.52 bits per heavy atom. The Kier molecular flexibility index (Phi) is 6.09. The van der Waals surface area contributed by atoms with E-state index in [1.807, 2.05) is 12.1 Å². The molecule has 0 saturated carbocycles. The van der Waals surface area contributed by atoms with Gasteiger partial charge in [-0.25, -0.2) is 0 Å². The van der Waals surface area contributed by atoms with Crippen molar-refractivity contribution < 1.29 is 10.2 Å². The van der Waals surface area contributed by atoms with Crippen molar-refractivity contribution in [2.75, 3.05) is 0 Å². The van der Waals surface area contributed by atoms with Gasteiger partial charge in [0.25, 0.3) is 0 Å². The van der Waals surface area contributed by atoms with Crippen molar-refractivity contribution in [2.24, 2.45) is 0 Å². The molecule has 0 amide bonds. The second-order valence-electron chi connectivity index (χ2n) is 6.15. The van der Waals surface area contributed by atoms with Gasteiger partial charge in [0, 0.05) is 5.92 Å². The van der Waals surface area contributed by atoms with Crippen LogP contribution in [0.3, 0.4) is 0 Å². The number of aromatic hydroxyl groups is 2. The molecule has 2 rings (SSSR count). The fraction of sp³-hybridized carbons (Fsp3) is 0.429. The Labute approximate surface area is 139 Å². The molecule has 0 unspecified atom stereocenters. The van der Waals surface area contributed by atoms with Crippen LogP contribution in [0.2, 0.25) is 0 Å². The highest BCUT2D eigenvalue weighted by atomic mass is 16.3. The summed E-state index contributed by atoms with van der Waals surface area (Å²) in [7, 11) is 0. The van der Waals surface area contributed by atoms with Crippen molar-refractivity contribution in [1.82, 2.24) is 0 Å². The molecule has 23 heavy (non-hydrogen) atoms. The minimum atomic E-state index is 0.206. The fourth-order valence-corrected chi connectivity index (χ4v) is 3.49. The van der Waals surface area contributed by atoms with Crippen LogP contribution in [-0.4, -0.2) is 10.2 Å². The topological polar surface area (TPSA) is 40.5 Å². The van der Waals surface area contributed by atoms with Crippen LogP contribution in [0.15, 0.2) is 36.4 Å². The van der Waals surface area contributed by atoms with Crippen LogP contribution < -0.4 is 0 Å². The van der Waals surface area contributed by atoms with Crippen LogP contribution in [0.25, 0.3) is 0 Å². The van der Waals surface area contributed by atoms with Gasteiger partial charge in [-0.15, -0.1) is 0 Å². The lowest BCUT2D eigenvalue weighted by atomic mass is 9.81. The maximum Gasteiger partial charge on any atom is 0.119 e. The van der Waals surface area contributed by atoms with E-state index in [2.05, 4.69) is 32.9 Å². The van der Waals surface area contributed by atoms with Crippen molar-refractivity contribution in [2.45, 2.75) is 58.8 Å². The third-order valence-electron chi connectivity index (χ3n) is 4.53. The first-order chi connectivity index (χ1) is 11.1. The zero-order valence-corrected chi connectivity index (χ0v) is 14.5. The van der Waals surface area contributed by atoms with Crippen molar-refractivity contribution in [3.8, 4) is 11.5 Å². The summed E-state index contributed by atoms with van der Waals surface area (Å²) in [4.78, 5) is 0. The summed E-state index contributed by atoms with van der Waals surface area (Å²) in [5, 5.41) is 20.6. The van der Waals surface area contributed by atoms with Crippen LogP contribution >= 0.6 is 0 Å². The van der Waals surface area contributed by atoms with Crippen molar-refractivity contribution in [3.05, 3.63) is 58.7 Å². The third-order valence-corrected chi connectivity index (χ3v) is 4.53. The lowest BCUT2D eigenvalue weighted by Gasteiger charge is -2.23. The predicted octanol–water partition coefficient (Wildman–Crippen LogP) is 5.54. The van der Waals surface area contributed by atoms with Gasteiger partial charge in [0.2, 0.25) is 0 Å². The average Bonchev–Trinajstić information content (AvgIpc) is 2.54. The van der Waals surface area contributed by atoms with Gasteiger partial charge in [-0.1, -0.05) is 57.9 Å². The molecule has 0 aliphatic carbocycles. The number of hydrogen-bond donors (Lipinski definition) is 2. The molecule has 0 saturated heterocycles. The molecule has 0 aliphatic heterocycles. The fourth-order valence-electron chi connectivity index (χ4n) is 3.49. The monoisotopic (exact) mass is 312 g/mol. The number of phenolic OH excluding ortho intramolecular Hbond substituents is 2. The van der Waals surface area contributed by atoms with Crippen LogP contribution in [0.1, 0.15) is 68.2 Å². The summed E-state index contributed by atoms with van der Waals surface area (Å²) in [6, 6.07) is 11.6. The molecule has 2 nitrogen and oxygen atoms in total. The van der Waals surface area contributed by atoms with E-state index in [9.17, 15) is 10.2 Å². The molecule has 2 N–H and O–H groups in total. The predicted molar refractivity (Wildman–Crippen MR) is 96.3 cm³/mol. The first kappa shape index (κ1) is 17.4. The Morgan fingerprint density at radius 1 is 0.739 bits per heavy atom. The Hall–Kier alpha value is -1.96. The van der Waals surface area contributed by atoms with E-state index in [1.54, 1.807) is 12.1 Å². The van der Waals surface area contributed by atoms with Gasteiger partial charge >= 0.3 is 0 Å². The largest absolute Gasteiger partial charge is 0.508 e. The molecule has 0 heterocycles. The van der Waals surface area contributed by atoms with Crippen LogP contribution in [0.5, 0.6) is 11.5 Å². The zero-order valence-electron chi connectivity index (χ0n) is 14.5. The number of rotatable bonds is 7. The average molecular weight is 312 g/mol. The van der Waals surface area contributed by atoms with E-state index in [-0.39, 0.29) is 5.92 Å². The second kappa shape index (κ2) is 8.05. The van der Waals surface area contributed by atoms with Crippen LogP contribution in [0.4, 0.5) is 0 Å². The molecule has 2 aromatic carbocycles. The summed E-state index contributed by atoms with van der Waals surface area (Å²) >= 11 is 0. The summed E-state index contributed by atoms with van der Waals surface area (Å²) in [6.07, 6.45) is 4.70. The molecule has 0 aliphatic rings. The molecular formula is C21H28O2. The standard InChI is InChI=1S/C21H28O2/c1-4-9-18-16(11-7-13-20(18)22)15(6-3)17-12-8-14-21(23)19(17)10-5-2/h7-8,11-15,22-23H,4-6,9-10H2,1-3H3. The van der Waals surface area contributed by atoms with Crippen LogP contribution in [0, 0.1) is 0 Å². The molecule has 0 aromatic heterocycles. The Balaban J connectivity index is 2.58. The Morgan fingerprint density at radius 2 is 1.17 bits per heavy atom. The molecule has 2 aromatic rings. The van der Waals surface area contributed by atoms with E-state index < -0.39 is 0 Å². The summed E-state index contributed by atoms with van der Waals surface area (Å²) in [6.45, 7) is 6.44. The molecule has 124 valence electrons. The highest BCUT2D eigenvalue weighted by Crippen LogP contribution is 2.38. The molecule has 0 atom stereocenters. The van der Waals surface area contributed by atoms with Gasteiger partial charge in [-0.05, 0) is 53.6 Å². The minimum Gasteiger partial charge on any atom is -0.508 e. The van der Waals surface area contributed by atoms with Gasteiger partial charge in [-0.2, -0.15) is 0 Å². The lowest BCUT2D eigenvalue weighted by molar-refractivity contribution is 0.463. The van der Waals surface area contributed by atoms with E-state index in [4.69, 9.17) is 0 Å². The third kappa shape index (κ3) is 3.69. The highest BCUT2D eigenvalue weighted by Gasteiger charge is 2.21. The Bertz CT molecular complexity index is 591. The van der Waals surface area contributed by atoms with Gasteiger partial charge in [0.1, 0.15) is 11.5 Å². The molecule has 2 heteroatoms. The van der Waals surface area contributed by atoms with E-state index in [0.717, 1.165) is 43.2 Å². The number of hydrogen-bond acceptors (Lipinski definition) is 2. The zero-order chi connectivity index (χ0) is 16.8. The highest BCUT2D eigenvalue weighted by molar-refractivity contribution is 5.49. The summed E-state index contributed by atoms with van der Waals surface area (Å²) in [5.74, 6) is 0.984. The van der Waals surface area contributed by atoms with Crippen LogP contribution in [-0.2, 0) is 12.8 Å². The molecule has 0 fully saturated rings.